The second kappa shape index (κ2) is 6.21. The Balaban J connectivity index is 2.74. The molecule has 1 aliphatic rings. The van der Waals surface area contributed by atoms with E-state index in [-0.39, 0.29) is 6.10 Å². The maximum absolute atomic E-state index is 11.7. The van der Waals surface area contributed by atoms with Gasteiger partial charge in [-0.1, -0.05) is 38.0 Å². The smallest absolute Gasteiger partial charge is 0.0995 e. The molecule has 0 aliphatic heterocycles. The van der Waals surface area contributed by atoms with Gasteiger partial charge in [-0.2, -0.15) is 0 Å². The monoisotopic (exact) mass is 223 g/mol. The molecule has 0 aromatic carbocycles. The van der Waals surface area contributed by atoms with Gasteiger partial charge in [0.1, 0.15) is 0 Å². The third-order valence-electron chi connectivity index (χ3n) is 3.33. The fourth-order valence-corrected chi connectivity index (χ4v) is 2.00. The van der Waals surface area contributed by atoms with Gasteiger partial charge in [0, 0.05) is 6.61 Å². The van der Waals surface area contributed by atoms with Crippen molar-refractivity contribution in [3.8, 4) is 0 Å². The first-order chi connectivity index (χ1) is 7.61. The zero-order valence-electron chi connectivity index (χ0n) is 10.9. The van der Waals surface area contributed by atoms with Crippen LogP contribution in [-0.2, 0) is 4.74 Å². The molecule has 1 rings (SSSR count). The van der Waals surface area contributed by atoms with Crippen molar-refractivity contribution in [3.05, 3.63) is 22.8 Å². The van der Waals surface area contributed by atoms with Crippen LogP contribution in [-0.4, -0.2) is 18.8 Å². The summed E-state index contributed by atoms with van der Waals surface area (Å²) in [6, 6.07) is 0. The van der Waals surface area contributed by atoms with Crippen molar-refractivity contribution in [1.29, 1.82) is 0 Å². The molecule has 0 aromatic heterocycles. The van der Waals surface area contributed by atoms with Crippen LogP contribution in [0.1, 0.15) is 47.0 Å². The summed E-state index contributed by atoms with van der Waals surface area (Å²) in [4.78, 5) is 0. The van der Waals surface area contributed by atoms with Crippen molar-refractivity contribution < 1.29 is 9.84 Å². The molecule has 0 N–H and O–H groups in total. The van der Waals surface area contributed by atoms with Gasteiger partial charge in [-0.25, -0.2) is 0 Å². The van der Waals surface area contributed by atoms with E-state index in [9.17, 15) is 5.11 Å². The second-order valence-electron chi connectivity index (χ2n) is 4.49. The Labute approximate surface area is 99.0 Å². The number of unbranched alkanes of at least 4 members (excludes halogenated alkanes) is 1. The summed E-state index contributed by atoms with van der Waals surface area (Å²) in [7, 11) is 0. The van der Waals surface area contributed by atoms with Gasteiger partial charge in [-0.15, -0.1) is 0 Å². The van der Waals surface area contributed by atoms with Crippen LogP contribution in [0, 0.1) is 0 Å². The summed E-state index contributed by atoms with van der Waals surface area (Å²) in [5.74, 6) is 0. The first-order valence-electron chi connectivity index (χ1n) is 6.27. The van der Waals surface area contributed by atoms with Gasteiger partial charge in [0.2, 0.25) is 0 Å². The molecule has 0 saturated carbocycles. The highest BCUT2D eigenvalue weighted by atomic mass is 16.5. The molecule has 0 saturated heterocycles. The van der Waals surface area contributed by atoms with E-state index in [0.29, 0.717) is 0 Å². The molecule has 0 heterocycles. The molecule has 1 aliphatic carbocycles. The van der Waals surface area contributed by atoms with Crippen LogP contribution < -0.4 is 5.11 Å². The third kappa shape index (κ3) is 2.96. The Bertz CT molecular complexity index is 289. The van der Waals surface area contributed by atoms with Crippen molar-refractivity contribution in [2.45, 2.75) is 59.2 Å². The van der Waals surface area contributed by atoms with E-state index < -0.39 is 6.10 Å². The molecule has 0 bridgehead atoms. The average Bonchev–Trinajstić information content (AvgIpc) is 2.29. The predicted molar refractivity (Wildman–Crippen MR) is 65.2 cm³/mol. The van der Waals surface area contributed by atoms with Crippen molar-refractivity contribution in [2.24, 2.45) is 0 Å². The minimum absolute atomic E-state index is 0.0572. The highest BCUT2D eigenvalue weighted by Crippen LogP contribution is 2.28. The summed E-state index contributed by atoms with van der Waals surface area (Å²) in [6.45, 7) is 8.98. The minimum atomic E-state index is -0.666. The number of ether oxygens (including phenoxy) is 1. The molecule has 2 unspecified atom stereocenters. The van der Waals surface area contributed by atoms with E-state index in [1.807, 2.05) is 19.9 Å². The lowest BCUT2D eigenvalue weighted by Crippen LogP contribution is -2.33. The first-order valence-corrected chi connectivity index (χ1v) is 6.27. The van der Waals surface area contributed by atoms with Crippen LogP contribution in [0.2, 0.25) is 0 Å². The quantitative estimate of drug-likeness (QED) is 0.530. The Kier molecular flexibility index (Phi) is 5.23. The van der Waals surface area contributed by atoms with Gasteiger partial charge in [-0.3, -0.25) is 0 Å². The van der Waals surface area contributed by atoms with E-state index in [1.54, 1.807) is 0 Å². The van der Waals surface area contributed by atoms with Crippen LogP contribution in [0.5, 0.6) is 0 Å². The molecule has 0 amide bonds. The zero-order chi connectivity index (χ0) is 12.1. The van der Waals surface area contributed by atoms with Crippen molar-refractivity contribution in [2.75, 3.05) is 6.61 Å². The standard InChI is InChI=1S/C14H23O2/c1-5-7-8-16-14-11(4)10(3)13(15)9-12(14)6-2/h9,13-14H,5-8H2,1-4H3/q-1. The van der Waals surface area contributed by atoms with Gasteiger partial charge >= 0.3 is 0 Å². The Morgan fingerprint density at radius 2 is 1.94 bits per heavy atom. The lowest BCUT2D eigenvalue weighted by molar-refractivity contribution is -0.391. The molecule has 0 radical (unpaired) electrons. The third-order valence-corrected chi connectivity index (χ3v) is 3.33. The van der Waals surface area contributed by atoms with Crippen molar-refractivity contribution in [1.82, 2.24) is 0 Å². The molecular formula is C14H23O2-. The molecule has 0 spiro atoms. The molecular weight excluding hydrogens is 200 g/mol. The molecule has 2 heteroatoms. The number of hydrogen-bond donors (Lipinski definition) is 0. The highest BCUT2D eigenvalue weighted by molar-refractivity contribution is 5.36. The van der Waals surface area contributed by atoms with E-state index in [2.05, 4.69) is 13.8 Å². The summed E-state index contributed by atoms with van der Waals surface area (Å²) in [5, 5.41) is 11.7. The normalized spacial score (nSPS) is 25.9. The molecule has 92 valence electrons. The van der Waals surface area contributed by atoms with Crippen LogP contribution in [0.3, 0.4) is 0 Å². The van der Waals surface area contributed by atoms with Gasteiger partial charge in [0.15, 0.2) is 0 Å². The van der Waals surface area contributed by atoms with Gasteiger partial charge in [0.05, 0.1) is 6.10 Å². The Morgan fingerprint density at radius 3 is 2.50 bits per heavy atom. The van der Waals surface area contributed by atoms with E-state index in [4.69, 9.17) is 4.74 Å². The van der Waals surface area contributed by atoms with Crippen molar-refractivity contribution >= 4 is 0 Å². The average molecular weight is 223 g/mol. The van der Waals surface area contributed by atoms with Gasteiger partial charge in [-0.05, 0) is 37.8 Å². The van der Waals surface area contributed by atoms with E-state index in [0.717, 1.165) is 42.6 Å². The van der Waals surface area contributed by atoms with Gasteiger partial charge < -0.3 is 9.84 Å². The number of rotatable bonds is 5. The minimum Gasteiger partial charge on any atom is -0.846 e. The maximum atomic E-state index is 11.7. The molecule has 0 fully saturated rings. The number of hydrogen-bond acceptors (Lipinski definition) is 2. The molecule has 0 aromatic rings. The van der Waals surface area contributed by atoms with Crippen LogP contribution in [0.15, 0.2) is 22.8 Å². The second-order valence-corrected chi connectivity index (χ2v) is 4.49. The first kappa shape index (κ1) is 13.5. The summed E-state index contributed by atoms with van der Waals surface area (Å²) in [6.07, 6.45) is 4.35. The Morgan fingerprint density at radius 1 is 1.25 bits per heavy atom. The lowest BCUT2D eigenvalue weighted by Gasteiger charge is -2.34. The largest absolute Gasteiger partial charge is 0.846 e. The zero-order valence-corrected chi connectivity index (χ0v) is 10.9. The lowest BCUT2D eigenvalue weighted by atomic mass is 9.87. The summed E-state index contributed by atoms with van der Waals surface area (Å²) >= 11 is 0. The summed E-state index contributed by atoms with van der Waals surface area (Å²) in [5.41, 5.74) is 3.20. The summed E-state index contributed by atoms with van der Waals surface area (Å²) < 4.78 is 5.89. The maximum Gasteiger partial charge on any atom is 0.0995 e. The highest BCUT2D eigenvalue weighted by Gasteiger charge is 2.21. The van der Waals surface area contributed by atoms with Gasteiger partial charge in [0.25, 0.3) is 0 Å². The SMILES string of the molecule is CCCCOC1C(CC)=CC([O-])C(C)=C1C. The predicted octanol–water partition coefficient (Wildman–Crippen LogP) is 2.59. The Hall–Kier alpha value is -0.600. The topological polar surface area (TPSA) is 32.3 Å². The van der Waals surface area contributed by atoms with Crippen molar-refractivity contribution in [3.63, 3.8) is 0 Å². The van der Waals surface area contributed by atoms with E-state index in [1.165, 1.54) is 0 Å². The fourth-order valence-electron chi connectivity index (χ4n) is 2.00. The molecule has 16 heavy (non-hydrogen) atoms. The van der Waals surface area contributed by atoms with E-state index >= 15 is 0 Å². The van der Waals surface area contributed by atoms with Crippen LogP contribution in [0.4, 0.5) is 0 Å². The fraction of sp³-hybridized carbons (Fsp3) is 0.714. The molecule has 2 atom stereocenters. The molecule has 2 nitrogen and oxygen atoms in total. The van der Waals surface area contributed by atoms with Crippen LogP contribution in [0.25, 0.3) is 0 Å². The van der Waals surface area contributed by atoms with Crippen LogP contribution >= 0.6 is 0 Å².